The maximum Gasteiger partial charge on any atom is 0.299 e. The summed E-state index contributed by atoms with van der Waals surface area (Å²) in [5, 5.41) is 2.66. The van der Waals surface area contributed by atoms with Gasteiger partial charge in [0.05, 0.1) is 17.8 Å². The minimum atomic E-state index is -0.493. The van der Waals surface area contributed by atoms with E-state index in [4.69, 9.17) is 0 Å². The van der Waals surface area contributed by atoms with Gasteiger partial charge in [-0.15, -0.1) is 11.3 Å². The van der Waals surface area contributed by atoms with E-state index in [0.717, 1.165) is 5.01 Å². The molecule has 0 bridgehead atoms. The summed E-state index contributed by atoms with van der Waals surface area (Å²) in [6.07, 6.45) is 1.68. The van der Waals surface area contributed by atoms with Crippen LogP contribution in [0.2, 0.25) is 0 Å². The van der Waals surface area contributed by atoms with Crippen molar-refractivity contribution in [2.75, 3.05) is 4.90 Å². The highest BCUT2D eigenvalue weighted by atomic mass is 79.9. The average molecular weight is 323 g/mol. The van der Waals surface area contributed by atoms with Gasteiger partial charge in [0.25, 0.3) is 11.7 Å². The molecule has 2 heterocycles. The molecule has 0 aliphatic carbocycles. The minimum absolute atomic E-state index is 0.339. The number of carbonyl (C=O) groups excluding carboxylic acids is 2. The molecule has 3 rings (SSSR count). The summed E-state index contributed by atoms with van der Waals surface area (Å²) in [6, 6.07) is 5.34. The van der Waals surface area contributed by atoms with Crippen molar-refractivity contribution in [1.29, 1.82) is 0 Å². The molecule has 1 aromatic heterocycles. The molecule has 1 aliphatic rings. The van der Waals surface area contributed by atoms with Gasteiger partial charge in [-0.05, 0) is 28.1 Å². The normalized spacial score (nSPS) is 14.2. The van der Waals surface area contributed by atoms with Crippen molar-refractivity contribution in [3.63, 3.8) is 0 Å². The van der Waals surface area contributed by atoms with Crippen LogP contribution in [-0.2, 0) is 11.3 Å². The molecule has 0 radical (unpaired) electrons. The lowest BCUT2D eigenvalue weighted by molar-refractivity contribution is -0.114. The number of aromatic nitrogens is 1. The number of halogens is 1. The zero-order valence-electron chi connectivity index (χ0n) is 9.09. The van der Waals surface area contributed by atoms with E-state index in [0.29, 0.717) is 22.3 Å². The zero-order valence-corrected chi connectivity index (χ0v) is 11.5. The Morgan fingerprint density at radius 1 is 1.33 bits per heavy atom. The number of amides is 1. The van der Waals surface area contributed by atoms with Crippen LogP contribution in [-0.4, -0.2) is 16.7 Å². The molecule has 0 saturated heterocycles. The van der Waals surface area contributed by atoms with Crippen molar-refractivity contribution < 1.29 is 9.59 Å². The first kappa shape index (κ1) is 11.6. The molecule has 1 aliphatic heterocycles. The molecule has 0 unspecified atom stereocenters. The van der Waals surface area contributed by atoms with Crippen LogP contribution in [0.5, 0.6) is 0 Å². The molecule has 0 fully saturated rings. The lowest BCUT2D eigenvalue weighted by Crippen LogP contribution is -2.29. The summed E-state index contributed by atoms with van der Waals surface area (Å²) in [4.78, 5) is 29.5. The Labute approximate surface area is 115 Å². The number of hydrogen-bond acceptors (Lipinski definition) is 4. The number of nitrogens with zero attached hydrogens (tertiary/aromatic N) is 2. The predicted octanol–water partition coefficient (Wildman–Crippen LogP) is 2.64. The van der Waals surface area contributed by atoms with Gasteiger partial charge in [0.2, 0.25) is 0 Å². The fourth-order valence-electron chi connectivity index (χ4n) is 1.92. The Morgan fingerprint density at radius 3 is 2.89 bits per heavy atom. The van der Waals surface area contributed by atoms with Crippen LogP contribution in [0.4, 0.5) is 5.69 Å². The molecule has 2 aromatic rings. The number of thiazole rings is 1. The van der Waals surface area contributed by atoms with Crippen molar-refractivity contribution >= 4 is 44.6 Å². The summed E-state index contributed by atoms with van der Waals surface area (Å²) >= 11 is 4.77. The average Bonchev–Trinajstić information content (AvgIpc) is 2.94. The second-order valence-electron chi connectivity index (χ2n) is 3.78. The quantitative estimate of drug-likeness (QED) is 0.799. The van der Waals surface area contributed by atoms with Gasteiger partial charge in [0, 0.05) is 16.0 Å². The van der Waals surface area contributed by atoms with Gasteiger partial charge in [-0.25, -0.2) is 4.98 Å². The van der Waals surface area contributed by atoms with E-state index in [1.807, 2.05) is 11.4 Å². The molecule has 18 heavy (non-hydrogen) atoms. The van der Waals surface area contributed by atoms with Gasteiger partial charge in [-0.2, -0.15) is 0 Å². The molecule has 4 nitrogen and oxygen atoms in total. The number of Topliss-reactive ketones (excluding diaryl/α,β-unsaturated/α-hetero) is 1. The number of anilines is 1. The molecule has 1 amide bonds. The van der Waals surface area contributed by atoms with Crippen LogP contribution in [0.3, 0.4) is 0 Å². The van der Waals surface area contributed by atoms with Crippen LogP contribution in [0.15, 0.2) is 34.2 Å². The van der Waals surface area contributed by atoms with Gasteiger partial charge >= 0.3 is 0 Å². The first-order valence-electron chi connectivity index (χ1n) is 5.21. The predicted molar refractivity (Wildman–Crippen MR) is 71.8 cm³/mol. The van der Waals surface area contributed by atoms with Gasteiger partial charge in [0.15, 0.2) is 0 Å². The molecule has 90 valence electrons. The van der Waals surface area contributed by atoms with Crippen molar-refractivity contribution in [2.24, 2.45) is 0 Å². The van der Waals surface area contributed by atoms with Gasteiger partial charge in [0.1, 0.15) is 5.01 Å². The third-order valence-corrected chi connectivity index (χ3v) is 4.15. The van der Waals surface area contributed by atoms with Crippen LogP contribution in [0.1, 0.15) is 15.4 Å². The maximum absolute atomic E-state index is 12.0. The standard InChI is InChI=1S/C12H7BrN2O2S/c13-7-2-1-3-8-10(7)11(16)12(17)15(8)6-9-14-4-5-18-9/h1-5H,6H2. The van der Waals surface area contributed by atoms with Crippen LogP contribution < -0.4 is 4.90 Å². The fraction of sp³-hybridized carbons (Fsp3) is 0.0833. The summed E-state index contributed by atoms with van der Waals surface area (Å²) in [5.74, 6) is -0.957. The third kappa shape index (κ3) is 1.69. The Bertz CT molecular complexity index is 640. The number of carbonyl (C=O) groups is 2. The highest BCUT2D eigenvalue weighted by molar-refractivity contribution is 9.10. The maximum atomic E-state index is 12.0. The zero-order chi connectivity index (χ0) is 12.7. The molecular weight excluding hydrogens is 316 g/mol. The molecular formula is C12H7BrN2O2S. The third-order valence-electron chi connectivity index (χ3n) is 2.73. The lowest BCUT2D eigenvalue weighted by Gasteiger charge is -2.14. The van der Waals surface area contributed by atoms with Crippen LogP contribution in [0.25, 0.3) is 0 Å². The van der Waals surface area contributed by atoms with E-state index in [9.17, 15) is 9.59 Å². The number of hydrogen-bond donors (Lipinski definition) is 0. The van der Waals surface area contributed by atoms with E-state index in [-0.39, 0.29) is 0 Å². The highest BCUT2D eigenvalue weighted by Gasteiger charge is 2.37. The molecule has 0 atom stereocenters. The first-order valence-corrected chi connectivity index (χ1v) is 6.89. The van der Waals surface area contributed by atoms with Crippen LogP contribution >= 0.6 is 27.3 Å². The second kappa shape index (κ2) is 4.29. The minimum Gasteiger partial charge on any atom is -0.298 e. The smallest absolute Gasteiger partial charge is 0.298 e. The van der Waals surface area contributed by atoms with Crippen molar-refractivity contribution in [3.8, 4) is 0 Å². The summed E-state index contributed by atoms with van der Waals surface area (Å²) in [6.45, 7) is 0.339. The second-order valence-corrected chi connectivity index (χ2v) is 5.61. The monoisotopic (exact) mass is 322 g/mol. The van der Waals surface area contributed by atoms with E-state index in [2.05, 4.69) is 20.9 Å². The van der Waals surface area contributed by atoms with Crippen molar-refractivity contribution in [1.82, 2.24) is 4.98 Å². The number of ketones is 1. The molecule has 0 spiro atoms. The van der Waals surface area contributed by atoms with Crippen molar-refractivity contribution in [3.05, 3.63) is 44.8 Å². The van der Waals surface area contributed by atoms with E-state index >= 15 is 0 Å². The highest BCUT2D eigenvalue weighted by Crippen LogP contribution is 2.35. The van der Waals surface area contributed by atoms with E-state index < -0.39 is 11.7 Å². The van der Waals surface area contributed by atoms with E-state index in [1.54, 1.807) is 18.3 Å². The Kier molecular flexibility index (Phi) is 2.76. The van der Waals surface area contributed by atoms with Crippen molar-refractivity contribution in [2.45, 2.75) is 6.54 Å². The number of fused-ring (bicyclic) bond motifs is 1. The summed E-state index contributed by atoms with van der Waals surface area (Å²) in [5.41, 5.74) is 1.09. The van der Waals surface area contributed by atoms with Gasteiger partial charge in [-0.3, -0.25) is 14.5 Å². The van der Waals surface area contributed by atoms with Gasteiger partial charge in [-0.1, -0.05) is 6.07 Å². The Hall–Kier alpha value is -1.53. The van der Waals surface area contributed by atoms with E-state index in [1.165, 1.54) is 16.2 Å². The summed E-state index contributed by atoms with van der Waals surface area (Å²) in [7, 11) is 0. The number of rotatable bonds is 2. The molecule has 0 N–H and O–H groups in total. The number of benzene rings is 1. The summed E-state index contributed by atoms with van der Waals surface area (Å²) < 4.78 is 0.653. The Balaban J connectivity index is 2.05. The molecule has 1 aromatic carbocycles. The molecule has 0 saturated carbocycles. The topological polar surface area (TPSA) is 50.3 Å². The van der Waals surface area contributed by atoms with Crippen LogP contribution in [0, 0.1) is 0 Å². The molecule has 6 heteroatoms. The fourth-order valence-corrected chi connectivity index (χ4v) is 3.06. The Morgan fingerprint density at radius 2 is 2.17 bits per heavy atom. The first-order chi connectivity index (χ1) is 8.68. The SMILES string of the molecule is O=C1C(=O)N(Cc2nccs2)c2cccc(Br)c21. The van der Waals surface area contributed by atoms with Gasteiger partial charge < -0.3 is 0 Å². The lowest BCUT2D eigenvalue weighted by atomic mass is 10.1. The largest absolute Gasteiger partial charge is 0.299 e.